The highest BCUT2D eigenvalue weighted by Gasteiger charge is 2.06. The number of rotatable bonds is 3. The van der Waals surface area contributed by atoms with Gasteiger partial charge >= 0.3 is 6.09 Å². The van der Waals surface area contributed by atoms with E-state index in [0.717, 1.165) is 0 Å². The molecule has 6 heteroatoms. The molecule has 0 saturated carbocycles. The summed E-state index contributed by atoms with van der Waals surface area (Å²) in [7, 11) is 0. The highest BCUT2D eigenvalue weighted by Crippen LogP contribution is 2.14. The van der Waals surface area contributed by atoms with Crippen molar-refractivity contribution < 1.29 is 19.1 Å². The van der Waals surface area contributed by atoms with Gasteiger partial charge in [0.25, 0.3) is 5.91 Å². The average Bonchev–Trinajstić information content (AvgIpc) is 2.41. The van der Waals surface area contributed by atoms with Crippen molar-refractivity contribution in [3.05, 3.63) is 59.9 Å². The SMILES string of the molecule is O=C(O)Nc1ccc(NC(=O)c2ccc(F)cc2)cc1. The zero-order valence-corrected chi connectivity index (χ0v) is 10.3. The Balaban J connectivity index is 2.04. The minimum Gasteiger partial charge on any atom is -0.465 e. The number of hydrogen-bond donors (Lipinski definition) is 3. The maximum absolute atomic E-state index is 12.7. The van der Waals surface area contributed by atoms with E-state index in [2.05, 4.69) is 10.6 Å². The summed E-state index contributed by atoms with van der Waals surface area (Å²) in [5.74, 6) is -0.783. The molecule has 0 saturated heterocycles. The molecule has 2 aromatic rings. The lowest BCUT2D eigenvalue weighted by Gasteiger charge is -2.06. The molecule has 0 unspecified atom stereocenters. The molecule has 2 rings (SSSR count). The van der Waals surface area contributed by atoms with E-state index in [9.17, 15) is 14.0 Å². The van der Waals surface area contributed by atoms with Crippen molar-refractivity contribution in [1.29, 1.82) is 0 Å². The van der Waals surface area contributed by atoms with E-state index in [1.54, 1.807) is 12.1 Å². The highest BCUT2D eigenvalue weighted by molar-refractivity contribution is 6.04. The van der Waals surface area contributed by atoms with Crippen LogP contribution in [0.3, 0.4) is 0 Å². The third kappa shape index (κ3) is 3.55. The summed E-state index contributed by atoms with van der Waals surface area (Å²) >= 11 is 0. The Labute approximate surface area is 114 Å². The number of carbonyl (C=O) groups is 2. The predicted molar refractivity (Wildman–Crippen MR) is 72.4 cm³/mol. The maximum atomic E-state index is 12.7. The molecular formula is C14H11FN2O3. The molecule has 3 N–H and O–H groups in total. The van der Waals surface area contributed by atoms with Crippen molar-refractivity contribution in [2.24, 2.45) is 0 Å². The van der Waals surface area contributed by atoms with Crippen LogP contribution < -0.4 is 10.6 Å². The molecule has 0 aromatic heterocycles. The lowest BCUT2D eigenvalue weighted by Crippen LogP contribution is -2.12. The van der Waals surface area contributed by atoms with Gasteiger partial charge in [-0.25, -0.2) is 9.18 Å². The van der Waals surface area contributed by atoms with E-state index in [4.69, 9.17) is 5.11 Å². The van der Waals surface area contributed by atoms with Crippen LogP contribution in [0.4, 0.5) is 20.6 Å². The van der Waals surface area contributed by atoms with Crippen LogP contribution in [-0.4, -0.2) is 17.1 Å². The van der Waals surface area contributed by atoms with Crippen LogP contribution in [0, 0.1) is 5.82 Å². The van der Waals surface area contributed by atoms with E-state index in [-0.39, 0.29) is 5.91 Å². The fourth-order valence-corrected chi connectivity index (χ4v) is 1.56. The summed E-state index contributed by atoms with van der Waals surface area (Å²) in [5, 5.41) is 13.3. The zero-order chi connectivity index (χ0) is 14.5. The Bertz CT molecular complexity index is 624. The molecule has 0 aliphatic rings. The monoisotopic (exact) mass is 274 g/mol. The number of anilines is 2. The Morgan fingerprint density at radius 1 is 0.850 bits per heavy atom. The van der Waals surface area contributed by atoms with Crippen LogP contribution in [0.5, 0.6) is 0 Å². The van der Waals surface area contributed by atoms with Gasteiger partial charge in [0, 0.05) is 16.9 Å². The molecule has 102 valence electrons. The molecule has 0 radical (unpaired) electrons. The van der Waals surface area contributed by atoms with Crippen molar-refractivity contribution in [3.8, 4) is 0 Å². The molecule has 0 fully saturated rings. The van der Waals surface area contributed by atoms with Gasteiger partial charge in [-0.15, -0.1) is 0 Å². The number of amides is 2. The summed E-state index contributed by atoms with van der Waals surface area (Å²) < 4.78 is 12.7. The minimum atomic E-state index is -1.16. The number of carboxylic acid groups (broad SMARTS) is 1. The van der Waals surface area contributed by atoms with Gasteiger partial charge in [-0.3, -0.25) is 10.1 Å². The Morgan fingerprint density at radius 2 is 1.35 bits per heavy atom. The topological polar surface area (TPSA) is 78.4 Å². The van der Waals surface area contributed by atoms with Crippen LogP contribution in [-0.2, 0) is 0 Å². The number of halogens is 1. The largest absolute Gasteiger partial charge is 0.465 e. The fourth-order valence-electron chi connectivity index (χ4n) is 1.56. The molecular weight excluding hydrogens is 263 g/mol. The normalized spacial score (nSPS) is 9.85. The van der Waals surface area contributed by atoms with E-state index >= 15 is 0 Å². The number of benzene rings is 2. The third-order valence-electron chi connectivity index (χ3n) is 2.50. The highest BCUT2D eigenvalue weighted by atomic mass is 19.1. The molecule has 2 amide bonds. The quantitative estimate of drug-likeness (QED) is 0.804. The summed E-state index contributed by atoms with van der Waals surface area (Å²) in [6, 6.07) is 11.3. The first-order chi connectivity index (χ1) is 9.54. The molecule has 0 aliphatic heterocycles. The van der Waals surface area contributed by atoms with Crippen LogP contribution in [0.15, 0.2) is 48.5 Å². The van der Waals surface area contributed by atoms with Crippen LogP contribution >= 0.6 is 0 Å². The standard InChI is InChI=1S/C14H11FN2O3/c15-10-3-1-9(2-4-10)13(18)16-11-5-7-12(8-6-11)17-14(19)20/h1-8,17H,(H,16,18)(H,19,20). The van der Waals surface area contributed by atoms with Gasteiger partial charge in [0.05, 0.1) is 0 Å². The van der Waals surface area contributed by atoms with Crippen molar-refractivity contribution in [1.82, 2.24) is 0 Å². The van der Waals surface area contributed by atoms with Crippen molar-refractivity contribution in [2.45, 2.75) is 0 Å². The van der Waals surface area contributed by atoms with Gasteiger partial charge in [0.2, 0.25) is 0 Å². The van der Waals surface area contributed by atoms with Crippen LogP contribution in [0.2, 0.25) is 0 Å². The minimum absolute atomic E-state index is 0.333. The summed E-state index contributed by atoms with van der Waals surface area (Å²) in [6.45, 7) is 0. The van der Waals surface area contributed by atoms with Gasteiger partial charge in [-0.05, 0) is 48.5 Å². The van der Waals surface area contributed by atoms with Crippen molar-refractivity contribution in [3.63, 3.8) is 0 Å². The summed E-state index contributed by atoms with van der Waals surface area (Å²) in [4.78, 5) is 22.3. The molecule has 0 bridgehead atoms. The Hall–Kier alpha value is -2.89. The van der Waals surface area contributed by atoms with E-state index < -0.39 is 11.9 Å². The second-order valence-electron chi connectivity index (χ2n) is 3.97. The van der Waals surface area contributed by atoms with Crippen molar-refractivity contribution >= 4 is 23.4 Å². The fraction of sp³-hybridized carbons (Fsp3) is 0. The molecule has 0 heterocycles. The smallest absolute Gasteiger partial charge is 0.409 e. The molecule has 0 atom stereocenters. The first kappa shape index (κ1) is 13.5. The Kier molecular flexibility index (Phi) is 3.95. The van der Waals surface area contributed by atoms with Crippen LogP contribution in [0.1, 0.15) is 10.4 Å². The Morgan fingerprint density at radius 3 is 1.85 bits per heavy atom. The van der Waals surface area contributed by atoms with Gasteiger partial charge in [0.1, 0.15) is 5.82 Å². The molecule has 20 heavy (non-hydrogen) atoms. The predicted octanol–water partition coefficient (Wildman–Crippen LogP) is 3.17. The molecule has 5 nitrogen and oxygen atoms in total. The van der Waals surface area contributed by atoms with E-state index in [1.807, 2.05) is 0 Å². The van der Waals surface area contributed by atoms with Crippen LogP contribution in [0.25, 0.3) is 0 Å². The zero-order valence-electron chi connectivity index (χ0n) is 10.3. The first-order valence-electron chi connectivity index (χ1n) is 5.71. The lowest BCUT2D eigenvalue weighted by atomic mass is 10.2. The number of nitrogens with one attached hydrogen (secondary N) is 2. The van der Waals surface area contributed by atoms with E-state index in [0.29, 0.717) is 16.9 Å². The van der Waals surface area contributed by atoms with Gasteiger partial charge in [-0.2, -0.15) is 0 Å². The van der Waals surface area contributed by atoms with Gasteiger partial charge < -0.3 is 10.4 Å². The first-order valence-corrected chi connectivity index (χ1v) is 5.71. The van der Waals surface area contributed by atoms with Gasteiger partial charge in [0.15, 0.2) is 0 Å². The molecule has 0 spiro atoms. The second-order valence-corrected chi connectivity index (χ2v) is 3.97. The second kappa shape index (κ2) is 5.83. The maximum Gasteiger partial charge on any atom is 0.409 e. The lowest BCUT2D eigenvalue weighted by molar-refractivity contribution is 0.102. The van der Waals surface area contributed by atoms with E-state index in [1.165, 1.54) is 36.4 Å². The summed E-state index contributed by atoms with van der Waals surface area (Å²) in [6.07, 6.45) is -1.16. The summed E-state index contributed by atoms with van der Waals surface area (Å²) in [5.41, 5.74) is 1.24. The number of hydrogen-bond acceptors (Lipinski definition) is 2. The van der Waals surface area contributed by atoms with Gasteiger partial charge in [-0.1, -0.05) is 0 Å². The average molecular weight is 274 g/mol. The molecule has 2 aromatic carbocycles. The molecule has 0 aliphatic carbocycles. The van der Waals surface area contributed by atoms with Crippen molar-refractivity contribution in [2.75, 3.05) is 10.6 Å². The third-order valence-corrected chi connectivity index (χ3v) is 2.50. The number of carbonyl (C=O) groups excluding carboxylic acids is 1.